The monoisotopic (exact) mass is 222 g/mol. The molecule has 1 aliphatic rings. The lowest BCUT2D eigenvalue weighted by Gasteiger charge is -2.20. The first-order valence-corrected chi connectivity index (χ1v) is 6.43. The van der Waals surface area contributed by atoms with Crippen molar-refractivity contribution in [2.45, 2.75) is 32.1 Å². The summed E-state index contributed by atoms with van der Waals surface area (Å²) in [6, 6.07) is 17.8. The van der Waals surface area contributed by atoms with Crippen LogP contribution in [0.3, 0.4) is 0 Å². The summed E-state index contributed by atoms with van der Waals surface area (Å²) in [5.74, 6) is 1.21. The van der Waals surface area contributed by atoms with Gasteiger partial charge < -0.3 is 0 Å². The Labute approximate surface area is 103 Å². The van der Waals surface area contributed by atoms with Gasteiger partial charge in [-0.1, -0.05) is 62.4 Å². The topological polar surface area (TPSA) is 0 Å². The summed E-state index contributed by atoms with van der Waals surface area (Å²) in [5, 5.41) is 0. The molecule has 0 nitrogen and oxygen atoms in total. The summed E-state index contributed by atoms with van der Waals surface area (Å²) in [6.45, 7) is 4.71. The maximum absolute atomic E-state index is 2.35. The summed E-state index contributed by atoms with van der Waals surface area (Å²) in [7, 11) is 0. The lowest BCUT2D eigenvalue weighted by molar-refractivity contribution is 0.626. The van der Waals surface area contributed by atoms with E-state index in [2.05, 4.69) is 62.4 Å². The van der Waals surface area contributed by atoms with E-state index in [1.807, 2.05) is 0 Å². The Morgan fingerprint density at radius 1 is 0.706 bits per heavy atom. The molecule has 0 radical (unpaired) electrons. The minimum Gasteiger partial charge on any atom is -0.0620 e. The van der Waals surface area contributed by atoms with Gasteiger partial charge in [-0.25, -0.2) is 0 Å². The van der Waals surface area contributed by atoms with E-state index in [-0.39, 0.29) is 0 Å². The first-order valence-electron chi connectivity index (χ1n) is 6.43. The van der Waals surface area contributed by atoms with Crippen molar-refractivity contribution in [2.75, 3.05) is 0 Å². The number of hydrogen-bond donors (Lipinski definition) is 0. The average molecular weight is 222 g/mol. The summed E-state index contributed by atoms with van der Waals surface area (Å²) in [5.41, 5.74) is 6.04. The van der Waals surface area contributed by atoms with Crippen LogP contribution in [-0.2, 0) is 6.42 Å². The van der Waals surface area contributed by atoms with E-state index in [1.54, 1.807) is 0 Å². The third-order valence-electron chi connectivity index (χ3n) is 4.22. The predicted octanol–water partition coefficient (Wildman–Crippen LogP) is 4.50. The number of rotatable bonds is 0. The average Bonchev–Trinajstić information content (AvgIpc) is 2.48. The van der Waals surface area contributed by atoms with Gasteiger partial charge in [-0.05, 0) is 40.5 Å². The largest absolute Gasteiger partial charge is 0.0620 e. The van der Waals surface area contributed by atoms with Crippen molar-refractivity contribution < 1.29 is 0 Å². The molecule has 0 fully saturated rings. The van der Waals surface area contributed by atoms with Gasteiger partial charge in [0, 0.05) is 0 Å². The fourth-order valence-corrected chi connectivity index (χ4v) is 3.02. The second-order valence-electron chi connectivity index (χ2n) is 5.15. The van der Waals surface area contributed by atoms with E-state index in [9.17, 15) is 0 Å². The maximum atomic E-state index is 2.35. The summed E-state index contributed by atoms with van der Waals surface area (Å²) >= 11 is 0. The van der Waals surface area contributed by atoms with E-state index in [0.29, 0.717) is 11.8 Å². The third kappa shape index (κ3) is 1.68. The van der Waals surface area contributed by atoms with Gasteiger partial charge in [-0.2, -0.15) is 0 Å². The van der Waals surface area contributed by atoms with E-state index in [0.717, 1.165) is 6.42 Å². The minimum atomic E-state index is 0.606. The van der Waals surface area contributed by atoms with Crippen LogP contribution < -0.4 is 0 Å². The lowest BCUT2D eigenvalue weighted by Crippen LogP contribution is -2.04. The zero-order valence-corrected chi connectivity index (χ0v) is 10.5. The van der Waals surface area contributed by atoms with Gasteiger partial charge >= 0.3 is 0 Å². The Morgan fingerprint density at radius 2 is 1.12 bits per heavy atom. The van der Waals surface area contributed by atoms with Gasteiger partial charge in [0.1, 0.15) is 0 Å². The number of benzene rings is 2. The van der Waals surface area contributed by atoms with Gasteiger partial charge in [0.25, 0.3) is 0 Å². The van der Waals surface area contributed by atoms with Crippen LogP contribution in [0.25, 0.3) is 0 Å². The highest BCUT2D eigenvalue weighted by Gasteiger charge is 2.24. The van der Waals surface area contributed by atoms with Crippen molar-refractivity contribution >= 4 is 0 Å². The van der Waals surface area contributed by atoms with Crippen LogP contribution in [-0.4, -0.2) is 0 Å². The fraction of sp³-hybridized carbons (Fsp3) is 0.294. The molecule has 0 aromatic heterocycles. The van der Waals surface area contributed by atoms with Gasteiger partial charge in [-0.3, -0.25) is 0 Å². The molecule has 3 rings (SSSR count). The Kier molecular flexibility index (Phi) is 2.51. The van der Waals surface area contributed by atoms with Crippen molar-refractivity contribution in [2.24, 2.45) is 0 Å². The van der Waals surface area contributed by atoms with Crippen molar-refractivity contribution in [3.63, 3.8) is 0 Å². The summed E-state index contributed by atoms with van der Waals surface area (Å²) in [4.78, 5) is 0. The predicted molar refractivity (Wildman–Crippen MR) is 72.5 cm³/mol. The fourth-order valence-electron chi connectivity index (χ4n) is 3.02. The quantitative estimate of drug-likeness (QED) is 0.615. The molecule has 0 saturated heterocycles. The Balaban J connectivity index is 2.20. The van der Waals surface area contributed by atoms with Gasteiger partial charge in [0.15, 0.2) is 0 Å². The smallest absolute Gasteiger partial charge is 0.00201 e. The molecule has 2 aromatic carbocycles. The second kappa shape index (κ2) is 4.03. The number of hydrogen-bond acceptors (Lipinski definition) is 0. The van der Waals surface area contributed by atoms with E-state index < -0.39 is 0 Å². The lowest BCUT2D eigenvalue weighted by atomic mass is 9.84. The molecule has 2 unspecified atom stereocenters. The highest BCUT2D eigenvalue weighted by atomic mass is 14.3. The zero-order chi connectivity index (χ0) is 11.8. The zero-order valence-electron chi connectivity index (χ0n) is 10.5. The highest BCUT2D eigenvalue weighted by molar-refractivity contribution is 5.44. The molecular formula is C17H18. The number of fused-ring (bicyclic) bond motifs is 2. The molecule has 0 aliphatic heterocycles. The minimum absolute atomic E-state index is 0.606. The van der Waals surface area contributed by atoms with E-state index >= 15 is 0 Å². The van der Waals surface area contributed by atoms with Crippen LogP contribution in [0.2, 0.25) is 0 Å². The SMILES string of the molecule is CC1c2ccccc2Cc2ccccc2C1C. The van der Waals surface area contributed by atoms with Crippen molar-refractivity contribution in [3.8, 4) is 0 Å². The van der Waals surface area contributed by atoms with Crippen LogP contribution in [0.5, 0.6) is 0 Å². The van der Waals surface area contributed by atoms with Gasteiger partial charge in [0.2, 0.25) is 0 Å². The third-order valence-corrected chi connectivity index (χ3v) is 4.22. The Bertz CT molecular complexity index is 490. The molecule has 0 bridgehead atoms. The van der Waals surface area contributed by atoms with Crippen molar-refractivity contribution in [3.05, 3.63) is 70.8 Å². The molecule has 0 saturated carbocycles. The van der Waals surface area contributed by atoms with Crippen LogP contribution in [0.15, 0.2) is 48.5 Å². The summed E-state index contributed by atoms with van der Waals surface area (Å²) in [6.07, 6.45) is 1.08. The van der Waals surface area contributed by atoms with Gasteiger partial charge in [0.05, 0.1) is 0 Å². The molecule has 0 amide bonds. The first kappa shape index (κ1) is 10.6. The van der Waals surface area contributed by atoms with Crippen LogP contribution >= 0.6 is 0 Å². The summed E-state index contributed by atoms with van der Waals surface area (Å²) < 4.78 is 0. The molecule has 2 atom stereocenters. The van der Waals surface area contributed by atoms with Gasteiger partial charge in [-0.15, -0.1) is 0 Å². The Hall–Kier alpha value is -1.56. The van der Waals surface area contributed by atoms with Crippen molar-refractivity contribution in [1.29, 1.82) is 0 Å². The molecule has 0 heteroatoms. The molecule has 0 N–H and O–H groups in total. The van der Waals surface area contributed by atoms with E-state index in [1.165, 1.54) is 22.3 Å². The maximum Gasteiger partial charge on any atom is -0.00201 e. The van der Waals surface area contributed by atoms with Crippen LogP contribution in [0, 0.1) is 0 Å². The standard InChI is InChI=1S/C17H18/c1-12-13(2)17-10-6-4-8-15(17)11-14-7-3-5-9-16(12)14/h3-10,12-13H,11H2,1-2H3. The first-order chi connectivity index (χ1) is 8.27. The van der Waals surface area contributed by atoms with Crippen LogP contribution in [0.4, 0.5) is 0 Å². The Morgan fingerprint density at radius 3 is 1.59 bits per heavy atom. The van der Waals surface area contributed by atoms with Crippen LogP contribution in [0.1, 0.15) is 47.9 Å². The molecule has 0 heterocycles. The van der Waals surface area contributed by atoms with Crippen molar-refractivity contribution in [1.82, 2.24) is 0 Å². The normalized spacial score (nSPS) is 22.5. The molecule has 1 aliphatic carbocycles. The second-order valence-corrected chi connectivity index (χ2v) is 5.15. The molecule has 2 aromatic rings. The molecule has 0 spiro atoms. The van der Waals surface area contributed by atoms with E-state index in [4.69, 9.17) is 0 Å². The molecular weight excluding hydrogens is 204 g/mol. The highest BCUT2D eigenvalue weighted by Crippen LogP contribution is 2.39. The molecule has 17 heavy (non-hydrogen) atoms. The molecule has 86 valence electrons.